The lowest BCUT2D eigenvalue weighted by Crippen LogP contribution is -2.04. The van der Waals surface area contributed by atoms with E-state index in [0.717, 1.165) is 55.6 Å². The number of rotatable bonds is 18. The zero-order chi connectivity index (χ0) is 27.7. The van der Waals surface area contributed by atoms with E-state index in [2.05, 4.69) is 24.3 Å². The largest absolute Gasteiger partial charge is 0.494 e. The van der Waals surface area contributed by atoms with Crippen LogP contribution in [0.5, 0.6) is 11.5 Å². The molecule has 0 heterocycles. The van der Waals surface area contributed by atoms with E-state index in [1.165, 1.54) is 5.56 Å². The summed E-state index contributed by atoms with van der Waals surface area (Å²) in [5.41, 5.74) is 2.53. The van der Waals surface area contributed by atoms with Gasteiger partial charge in [0.1, 0.15) is 11.5 Å². The monoisotopic (exact) mass is 530 g/mol. The summed E-state index contributed by atoms with van der Waals surface area (Å²) in [6.45, 7) is 1.32. The minimum Gasteiger partial charge on any atom is -0.494 e. The number of carboxylic acids is 2. The average molecular weight is 531 g/mol. The van der Waals surface area contributed by atoms with Crippen molar-refractivity contribution in [2.75, 3.05) is 13.2 Å². The van der Waals surface area contributed by atoms with Gasteiger partial charge in [0.2, 0.25) is 0 Å². The molecule has 1 unspecified atom stereocenters. The second-order valence-electron chi connectivity index (χ2n) is 9.60. The highest BCUT2D eigenvalue weighted by molar-refractivity contribution is 5.87. The van der Waals surface area contributed by atoms with E-state index in [1.54, 1.807) is 12.1 Å². The molecule has 6 heteroatoms. The Morgan fingerprint density at radius 3 is 1.95 bits per heavy atom. The Morgan fingerprint density at radius 2 is 1.33 bits per heavy atom. The van der Waals surface area contributed by atoms with Crippen molar-refractivity contribution in [2.24, 2.45) is 5.92 Å². The van der Waals surface area contributed by atoms with Gasteiger partial charge in [-0.1, -0.05) is 61.0 Å². The molecule has 3 aromatic carbocycles. The number of benzene rings is 3. The maximum atomic E-state index is 11.1. The van der Waals surface area contributed by atoms with E-state index in [0.29, 0.717) is 19.6 Å². The van der Waals surface area contributed by atoms with Gasteiger partial charge in [-0.05, 0) is 92.0 Å². The topological polar surface area (TPSA) is 93.1 Å². The van der Waals surface area contributed by atoms with Gasteiger partial charge in [0.15, 0.2) is 0 Å². The van der Waals surface area contributed by atoms with Gasteiger partial charge in [-0.3, -0.25) is 4.79 Å². The van der Waals surface area contributed by atoms with Gasteiger partial charge < -0.3 is 19.7 Å². The molecule has 0 spiro atoms. The van der Waals surface area contributed by atoms with E-state index in [9.17, 15) is 9.59 Å². The second kappa shape index (κ2) is 16.7. The number of ether oxygens (including phenoxy) is 2. The molecule has 0 aliphatic rings. The Morgan fingerprint density at radius 1 is 0.718 bits per heavy atom. The summed E-state index contributed by atoms with van der Waals surface area (Å²) >= 11 is 0. The average Bonchev–Trinajstić information content (AvgIpc) is 2.94. The van der Waals surface area contributed by atoms with Crippen LogP contribution in [0.4, 0.5) is 0 Å². The van der Waals surface area contributed by atoms with Crippen molar-refractivity contribution in [1.29, 1.82) is 0 Å². The minimum absolute atomic E-state index is 0.180. The first-order valence-electron chi connectivity index (χ1n) is 13.6. The molecular formula is C33H38O6. The predicted molar refractivity (Wildman–Crippen MR) is 153 cm³/mol. The fourth-order valence-electron chi connectivity index (χ4n) is 4.25. The molecule has 0 aliphatic carbocycles. The lowest BCUT2D eigenvalue weighted by atomic mass is 9.92. The maximum Gasteiger partial charge on any atom is 0.335 e. The number of aromatic carboxylic acids is 1. The molecule has 206 valence electrons. The van der Waals surface area contributed by atoms with Crippen LogP contribution in [0.25, 0.3) is 0 Å². The molecule has 3 aromatic rings. The smallest absolute Gasteiger partial charge is 0.335 e. The number of carboxylic acid groups (broad SMARTS) is 2. The minimum atomic E-state index is -0.934. The van der Waals surface area contributed by atoms with Crippen LogP contribution < -0.4 is 9.47 Å². The molecule has 39 heavy (non-hydrogen) atoms. The van der Waals surface area contributed by atoms with Crippen molar-refractivity contribution in [3.8, 4) is 11.5 Å². The highest BCUT2D eigenvalue weighted by Crippen LogP contribution is 2.20. The molecule has 1 atom stereocenters. The van der Waals surface area contributed by atoms with Gasteiger partial charge in [-0.25, -0.2) is 4.79 Å². The molecule has 6 nitrogen and oxygen atoms in total. The Hall–Kier alpha value is -4.06. The molecule has 0 radical (unpaired) electrons. The number of para-hydroxylation sites is 1. The maximum absolute atomic E-state index is 11.1. The summed E-state index contributed by atoms with van der Waals surface area (Å²) in [6, 6.07) is 24.9. The molecule has 3 rings (SSSR count). The SMILES string of the molecule is O=C(O)CCCCC(/C=C\Cc1ccc(OCCCCOc2ccccc2)cc1)Cc1ccc(C(=O)O)cc1. The number of unbranched alkanes of at least 4 members (excludes halogenated alkanes) is 2. The zero-order valence-electron chi connectivity index (χ0n) is 22.3. The van der Waals surface area contributed by atoms with E-state index in [1.807, 2.05) is 54.6 Å². The summed E-state index contributed by atoms with van der Waals surface area (Å²) in [7, 11) is 0. The van der Waals surface area contributed by atoms with Gasteiger partial charge in [0.25, 0.3) is 0 Å². The summed E-state index contributed by atoms with van der Waals surface area (Å²) in [5.74, 6) is 0.296. The van der Waals surface area contributed by atoms with Gasteiger partial charge in [0.05, 0.1) is 18.8 Å². The van der Waals surface area contributed by atoms with Gasteiger partial charge in [0, 0.05) is 6.42 Å². The first-order chi connectivity index (χ1) is 19.0. The first-order valence-corrected chi connectivity index (χ1v) is 13.6. The van der Waals surface area contributed by atoms with Crippen molar-refractivity contribution in [3.05, 3.63) is 108 Å². The molecule has 0 fully saturated rings. The normalized spacial score (nSPS) is 11.8. The molecular weight excluding hydrogens is 492 g/mol. The highest BCUT2D eigenvalue weighted by atomic mass is 16.5. The van der Waals surface area contributed by atoms with Crippen LogP contribution in [0.15, 0.2) is 91.0 Å². The third kappa shape index (κ3) is 11.9. The standard InChI is InChI=1S/C33H38O6/c34-32(35)14-5-4-9-27(25-28-15-19-29(20-16-28)33(36)37)11-8-10-26-17-21-31(22-18-26)39-24-7-6-23-38-30-12-2-1-3-13-30/h1-3,8,11-13,15-22,27H,4-7,9-10,14,23-25H2,(H,34,35)(H,36,37)/b11-8-. The highest BCUT2D eigenvalue weighted by Gasteiger charge is 2.09. The van der Waals surface area contributed by atoms with Gasteiger partial charge in [-0.15, -0.1) is 0 Å². The molecule has 0 aromatic heterocycles. The lowest BCUT2D eigenvalue weighted by molar-refractivity contribution is -0.137. The number of hydrogen-bond donors (Lipinski definition) is 2. The van der Waals surface area contributed by atoms with Crippen molar-refractivity contribution in [3.63, 3.8) is 0 Å². The van der Waals surface area contributed by atoms with E-state index < -0.39 is 11.9 Å². The van der Waals surface area contributed by atoms with Crippen LogP contribution in [0.3, 0.4) is 0 Å². The van der Waals surface area contributed by atoms with Crippen molar-refractivity contribution >= 4 is 11.9 Å². The second-order valence-corrected chi connectivity index (χ2v) is 9.60. The molecule has 0 saturated heterocycles. The Balaban J connectivity index is 1.42. The molecule has 0 bridgehead atoms. The lowest BCUT2D eigenvalue weighted by Gasteiger charge is -2.13. The summed E-state index contributed by atoms with van der Waals surface area (Å²) < 4.78 is 11.6. The number of aliphatic carboxylic acids is 1. The third-order valence-corrected chi connectivity index (χ3v) is 6.42. The Labute approximate surface area is 230 Å². The van der Waals surface area contributed by atoms with Crippen LogP contribution >= 0.6 is 0 Å². The quantitative estimate of drug-likeness (QED) is 0.133. The van der Waals surface area contributed by atoms with Gasteiger partial charge in [-0.2, -0.15) is 0 Å². The summed E-state index contributed by atoms with van der Waals surface area (Å²) in [6.07, 6.45) is 10.3. The predicted octanol–water partition coefficient (Wildman–Crippen LogP) is 7.23. The van der Waals surface area contributed by atoms with Crippen molar-refractivity contribution in [1.82, 2.24) is 0 Å². The van der Waals surface area contributed by atoms with Crippen LogP contribution in [0.1, 0.15) is 60.0 Å². The van der Waals surface area contributed by atoms with Crippen molar-refractivity contribution in [2.45, 2.75) is 51.4 Å². The van der Waals surface area contributed by atoms with Gasteiger partial charge >= 0.3 is 11.9 Å². The molecule has 2 N–H and O–H groups in total. The Bertz CT molecular complexity index is 1150. The van der Waals surface area contributed by atoms with Crippen LogP contribution in [-0.4, -0.2) is 35.4 Å². The van der Waals surface area contributed by atoms with Crippen LogP contribution in [-0.2, 0) is 17.6 Å². The van der Waals surface area contributed by atoms with Crippen LogP contribution in [0.2, 0.25) is 0 Å². The van der Waals surface area contributed by atoms with Crippen molar-refractivity contribution < 1.29 is 29.3 Å². The third-order valence-electron chi connectivity index (χ3n) is 6.42. The van der Waals surface area contributed by atoms with E-state index in [4.69, 9.17) is 19.7 Å². The molecule has 0 aliphatic heterocycles. The zero-order valence-corrected chi connectivity index (χ0v) is 22.3. The number of hydrogen-bond acceptors (Lipinski definition) is 4. The molecule has 0 amide bonds. The van der Waals surface area contributed by atoms with E-state index >= 15 is 0 Å². The number of carbonyl (C=O) groups is 2. The number of allylic oxidation sites excluding steroid dienone is 2. The Kier molecular flexibility index (Phi) is 12.6. The van der Waals surface area contributed by atoms with Crippen LogP contribution in [0, 0.1) is 5.92 Å². The first kappa shape index (κ1) is 29.5. The fourth-order valence-corrected chi connectivity index (χ4v) is 4.25. The summed E-state index contributed by atoms with van der Waals surface area (Å²) in [4.78, 5) is 22.0. The fraction of sp³-hybridized carbons (Fsp3) is 0.333. The summed E-state index contributed by atoms with van der Waals surface area (Å²) in [5, 5.41) is 18.0. The molecule has 0 saturated carbocycles. The van der Waals surface area contributed by atoms with E-state index in [-0.39, 0.29) is 17.9 Å².